The summed E-state index contributed by atoms with van der Waals surface area (Å²) in [5, 5.41) is 2.13. The van der Waals surface area contributed by atoms with E-state index in [9.17, 15) is 0 Å². The van der Waals surface area contributed by atoms with Crippen LogP contribution in [0.1, 0.15) is 5.56 Å². The van der Waals surface area contributed by atoms with E-state index in [1.165, 1.54) is 0 Å². The third-order valence-electron chi connectivity index (χ3n) is 4.58. The number of para-hydroxylation sites is 1. The molecule has 0 aliphatic heterocycles. The van der Waals surface area contributed by atoms with Crippen molar-refractivity contribution in [2.75, 3.05) is 6.61 Å². The summed E-state index contributed by atoms with van der Waals surface area (Å²) >= 11 is 11.2. The summed E-state index contributed by atoms with van der Waals surface area (Å²) < 4.78 is 17.7. The fraction of sp³-hybridized carbons (Fsp3) is 0.0769. The molecule has 0 fully saturated rings. The highest BCUT2D eigenvalue weighted by Crippen LogP contribution is 2.26. The van der Waals surface area contributed by atoms with Gasteiger partial charge in [0.1, 0.15) is 40.7 Å². The Morgan fingerprint density at radius 2 is 1.26 bits per heavy atom. The van der Waals surface area contributed by atoms with Gasteiger partial charge in [-0.2, -0.15) is 0 Å². The molecule has 0 unspecified atom stereocenters. The van der Waals surface area contributed by atoms with Crippen LogP contribution in [0.5, 0.6) is 23.0 Å². The van der Waals surface area contributed by atoms with Crippen molar-refractivity contribution in [3.8, 4) is 23.0 Å². The molecule has 0 N–H and O–H groups in total. The average molecular weight is 451 g/mol. The molecule has 0 heterocycles. The molecule has 5 heteroatoms. The monoisotopic (exact) mass is 450 g/mol. The first kappa shape index (κ1) is 21.1. The molecule has 0 aromatic heterocycles. The van der Waals surface area contributed by atoms with Crippen molar-refractivity contribution in [2.24, 2.45) is 0 Å². The van der Waals surface area contributed by atoms with Gasteiger partial charge in [-0.05, 0) is 70.9 Å². The first-order valence-corrected chi connectivity index (χ1v) is 10.5. The fourth-order valence-electron chi connectivity index (χ4n) is 3.03. The zero-order chi connectivity index (χ0) is 21.5. The van der Waals surface area contributed by atoms with Gasteiger partial charge >= 0.3 is 0 Å². The van der Waals surface area contributed by atoms with E-state index >= 15 is 0 Å². The Kier molecular flexibility index (Phi) is 6.98. The number of ether oxygens (including phenoxy) is 3. The largest absolute Gasteiger partial charge is 0.489 e. The van der Waals surface area contributed by atoms with Crippen molar-refractivity contribution in [1.82, 2.24) is 0 Å². The fourth-order valence-corrected chi connectivity index (χ4v) is 3.15. The molecule has 4 aromatic carbocycles. The smallest absolute Gasteiger partial charge is 0.127 e. The normalized spacial score (nSPS) is 10.5. The summed E-state index contributed by atoms with van der Waals surface area (Å²) in [7, 11) is 0. The van der Waals surface area contributed by atoms with Crippen molar-refractivity contribution in [3.63, 3.8) is 0 Å². The summed E-state index contributed by atoms with van der Waals surface area (Å²) in [6.07, 6.45) is 1.60. The minimum atomic E-state index is 0.191. The standard InChI is InChI=1S/C26H20Cl2O3/c27-26(28)14-15-29-24-12-8-20-9-13-25(17-21(20)16-24)30-18-19-6-10-23(11-7-19)31-22-4-2-1-3-5-22/h1-14,16-17H,15,18H2. The Hall–Kier alpha value is -3.14. The van der Waals surface area contributed by atoms with Crippen LogP contribution in [0.3, 0.4) is 0 Å². The van der Waals surface area contributed by atoms with Gasteiger partial charge in [-0.25, -0.2) is 0 Å². The molecule has 0 spiro atoms. The van der Waals surface area contributed by atoms with Crippen LogP contribution >= 0.6 is 23.2 Å². The van der Waals surface area contributed by atoms with Crippen LogP contribution in [0.15, 0.2) is 102 Å². The molecule has 4 aromatic rings. The molecule has 0 bridgehead atoms. The average Bonchev–Trinajstić information content (AvgIpc) is 2.79. The highest BCUT2D eigenvalue weighted by atomic mass is 35.5. The van der Waals surface area contributed by atoms with Gasteiger partial charge in [-0.1, -0.05) is 65.7 Å². The molecule has 3 nitrogen and oxygen atoms in total. The molecule has 0 radical (unpaired) electrons. The summed E-state index contributed by atoms with van der Waals surface area (Å²) in [6.45, 7) is 0.778. The van der Waals surface area contributed by atoms with Crippen LogP contribution in [-0.2, 0) is 6.61 Å². The van der Waals surface area contributed by atoms with E-state index in [-0.39, 0.29) is 4.49 Å². The van der Waals surface area contributed by atoms with E-state index in [1.807, 2.05) is 91.0 Å². The Morgan fingerprint density at radius 1 is 0.645 bits per heavy atom. The van der Waals surface area contributed by atoms with Crippen molar-refractivity contribution >= 4 is 34.0 Å². The van der Waals surface area contributed by atoms with Gasteiger partial charge in [0.15, 0.2) is 0 Å². The van der Waals surface area contributed by atoms with Crippen LogP contribution in [0.4, 0.5) is 0 Å². The number of fused-ring (bicyclic) bond motifs is 1. The van der Waals surface area contributed by atoms with Crippen LogP contribution in [0.2, 0.25) is 0 Å². The number of hydrogen-bond acceptors (Lipinski definition) is 3. The van der Waals surface area contributed by atoms with Crippen LogP contribution in [0.25, 0.3) is 10.8 Å². The van der Waals surface area contributed by atoms with Gasteiger partial charge in [0.05, 0.1) is 0 Å². The maximum Gasteiger partial charge on any atom is 0.127 e. The van der Waals surface area contributed by atoms with Gasteiger partial charge in [-0.3, -0.25) is 0 Å². The molecule has 4 rings (SSSR count). The van der Waals surface area contributed by atoms with Crippen molar-refractivity contribution in [1.29, 1.82) is 0 Å². The predicted octanol–water partition coefficient (Wildman–Crippen LogP) is 7.91. The van der Waals surface area contributed by atoms with E-state index in [2.05, 4.69) is 0 Å². The van der Waals surface area contributed by atoms with Crippen LogP contribution < -0.4 is 14.2 Å². The Bertz CT molecular complexity index is 1170. The predicted molar refractivity (Wildman–Crippen MR) is 127 cm³/mol. The second-order valence-corrected chi connectivity index (χ2v) is 7.83. The highest BCUT2D eigenvalue weighted by molar-refractivity contribution is 6.55. The number of hydrogen-bond donors (Lipinski definition) is 0. The third kappa shape index (κ3) is 6.17. The maximum atomic E-state index is 5.98. The quantitative estimate of drug-likeness (QED) is 0.272. The van der Waals surface area contributed by atoms with Gasteiger partial charge < -0.3 is 14.2 Å². The van der Waals surface area contributed by atoms with E-state index in [0.717, 1.165) is 39.3 Å². The van der Waals surface area contributed by atoms with Crippen molar-refractivity contribution in [3.05, 3.63) is 107 Å². The van der Waals surface area contributed by atoms with Crippen molar-refractivity contribution < 1.29 is 14.2 Å². The van der Waals surface area contributed by atoms with E-state index < -0.39 is 0 Å². The Morgan fingerprint density at radius 3 is 1.94 bits per heavy atom. The van der Waals surface area contributed by atoms with E-state index in [4.69, 9.17) is 37.4 Å². The Labute approximate surface area is 191 Å². The molecule has 156 valence electrons. The van der Waals surface area contributed by atoms with E-state index in [1.54, 1.807) is 6.08 Å². The summed E-state index contributed by atoms with van der Waals surface area (Å²) in [4.78, 5) is 0. The number of benzene rings is 4. The zero-order valence-electron chi connectivity index (χ0n) is 16.6. The van der Waals surface area contributed by atoms with Crippen LogP contribution in [0, 0.1) is 0 Å². The Balaban J connectivity index is 1.38. The lowest BCUT2D eigenvalue weighted by atomic mass is 10.1. The molecular formula is C26H20Cl2O3. The molecule has 0 atom stereocenters. The topological polar surface area (TPSA) is 27.7 Å². The lowest BCUT2D eigenvalue weighted by Crippen LogP contribution is -1.96. The first-order valence-electron chi connectivity index (χ1n) is 9.78. The first-order chi connectivity index (χ1) is 15.2. The molecule has 0 saturated carbocycles. The molecule has 31 heavy (non-hydrogen) atoms. The highest BCUT2D eigenvalue weighted by Gasteiger charge is 2.03. The number of halogens is 2. The van der Waals surface area contributed by atoms with Crippen LogP contribution in [-0.4, -0.2) is 6.61 Å². The molecule has 0 amide bonds. The number of rotatable bonds is 8. The molecule has 0 aliphatic rings. The maximum absolute atomic E-state index is 5.98. The van der Waals surface area contributed by atoms with E-state index in [0.29, 0.717) is 13.2 Å². The lowest BCUT2D eigenvalue weighted by molar-refractivity contribution is 0.306. The second-order valence-electron chi connectivity index (χ2n) is 6.82. The summed E-state index contributed by atoms with van der Waals surface area (Å²) in [5.74, 6) is 3.13. The zero-order valence-corrected chi connectivity index (χ0v) is 18.1. The second kappa shape index (κ2) is 10.3. The van der Waals surface area contributed by atoms with Gasteiger partial charge in [-0.15, -0.1) is 0 Å². The van der Waals surface area contributed by atoms with Gasteiger partial charge in [0.2, 0.25) is 0 Å². The minimum absolute atomic E-state index is 0.191. The summed E-state index contributed by atoms with van der Waals surface area (Å²) in [6, 6.07) is 29.5. The summed E-state index contributed by atoms with van der Waals surface area (Å²) in [5.41, 5.74) is 1.06. The molecule has 0 saturated heterocycles. The molecule has 0 aliphatic carbocycles. The molecular weight excluding hydrogens is 431 g/mol. The third-order valence-corrected chi connectivity index (χ3v) is 4.89. The van der Waals surface area contributed by atoms with Gasteiger partial charge in [0, 0.05) is 0 Å². The SMILES string of the molecule is ClC(Cl)=CCOc1ccc2ccc(OCc3ccc(Oc4ccccc4)cc3)cc2c1. The lowest BCUT2D eigenvalue weighted by Gasteiger charge is -2.10. The minimum Gasteiger partial charge on any atom is -0.489 e. The van der Waals surface area contributed by atoms with Gasteiger partial charge in [0.25, 0.3) is 0 Å². The van der Waals surface area contributed by atoms with Crippen molar-refractivity contribution in [2.45, 2.75) is 6.61 Å².